The molecule has 2 aromatic rings. The zero-order chi connectivity index (χ0) is 17.5. The van der Waals surface area contributed by atoms with E-state index in [0.717, 1.165) is 18.4 Å². The van der Waals surface area contributed by atoms with Crippen molar-refractivity contribution in [1.29, 1.82) is 0 Å². The van der Waals surface area contributed by atoms with Gasteiger partial charge in [0.25, 0.3) is 0 Å². The summed E-state index contributed by atoms with van der Waals surface area (Å²) in [5.74, 6) is 0.734. The van der Waals surface area contributed by atoms with Gasteiger partial charge in [-0.25, -0.2) is 4.79 Å². The molecule has 0 radical (unpaired) electrons. The maximum atomic E-state index is 12.4. The molecule has 1 fully saturated rings. The average molecular weight is 330 g/mol. The Morgan fingerprint density at radius 3 is 2.83 bits per heavy atom. The zero-order valence-electron chi connectivity index (χ0n) is 14.9. The van der Waals surface area contributed by atoms with Gasteiger partial charge in [-0.15, -0.1) is 0 Å². The SMILES string of the molecule is CC1CC(CC(=O)Nc2ccc3c(c2)oc(=O)n3C)CC(C)(C)C1. The molecule has 3 rings (SSSR count). The number of benzene rings is 1. The molecule has 2 unspecified atom stereocenters. The Morgan fingerprint density at radius 2 is 2.12 bits per heavy atom. The van der Waals surface area contributed by atoms with Gasteiger partial charge in [-0.2, -0.15) is 0 Å². The molecule has 0 bridgehead atoms. The van der Waals surface area contributed by atoms with Gasteiger partial charge in [-0.05, 0) is 48.6 Å². The molecule has 1 aromatic heterocycles. The number of nitrogens with one attached hydrogen (secondary N) is 1. The standard InChI is InChI=1S/C19H26N2O3/c1-12-7-13(11-19(2,3)10-12)8-17(22)20-14-5-6-15-16(9-14)24-18(23)21(15)4/h5-6,9,12-13H,7-8,10-11H2,1-4H3,(H,20,22). The van der Waals surface area contributed by atoms with Gasteiger partial charge < -0.3 is 9.73 Å². The van der Waals surface area contributed by atoms with Crippen LogP contribution in [0.15, 0.2) is 27.4 Å². The second-order valence-electron chi connectivity index (χ2n) is 8.14. The number of rotatable bonds is 3. The number of oxazole rings is 1. The quantitative estimate of drug-likeness (QED) is 0.927. The fraction of sp³-hybridized carbons (Fsp3) is 0.579. The van der Waals surface area contributed by atoms with E-state index in [1.165, 1.54) is 11.0 Å². The van der Waals surface area contributed by atoms with E-state index >= 15 is 0 Å². The summed E-state index contributed by atoms with van der Waals surface area (Å²) in [4.78, 5) is 23.9. The molecule has 1 aliphatic carbocycles. The predicted octanol–water partition coefficient (Wildman–Crippen LogP) is 3.92. The number of hydrogen-bond donors (Lipinski definition) is 1. The van der Waals surface area contributed by atoms with Crippen molar-refractivity contribution < 1.29 is 9.21 Å². The molecule has 2 atom stereocenters. The Bertz CT molecular complexity index is 816. The van der Waals surface area contributed by atoms with Gasteiger partial charge in [0.2, 0.25) is 5.91 Å². The van der Waals surface area contributed by atoms with Crippen LogP contribution in [0.25, 0.3) is 11.1 Å². The van der Waals surface area contributed by atoms with E-state index in [2.05, 4.69) is 26.1 Å². The number of aromatic nitrogens is 1. The van der Waals surface area contributed by atoms with Crippen LogP contribution in [0.3, 0.4) is 0 Å². The van der Waals surface area contributed by atoms with Crippen LogP contribution < -0.4 is 11.1 Å². The highest BCUT2D eigenvalue weighted by molar-refractivity contribution is 5.92. The molecule has 24 heavy (non-hydrogen) atoms. The van der Waals surface area contributed by atoms with Crippen LogP contribution in [0.4, 0.5) is 5.69 Å². The molecule has 5 nitrogen and oxygen atoms in total. The Labute approximate surface area is 142 Å². The van der Waals surface area contributed by atoms with Gasteiger partial charge in [0.15, 0.2) is 5.58 Å². The molecule has 5 heteroatoms. The van der Waals surface area contributed by atoms with Crippen LogP contribution in [-0.4, -0.2) is 10.5 Å². The lowest BCUT2D eigenvalue weighted by molar-refractivity contribution is -0.117. The van der Waals surface area contributed by atoms with Crippen LogP contribution in [0, 0.1) is 17.3 Å². The van der Waals surface area contributed by atoms with Gasteiger partial charge in [0.1, 0.15) is 0 Å². The first-order valence-corrected chi connectivity index (χ1v) is 8.63. The van der Waals surface area contributed by atoms with Crippen LogP contribution in [0.5, 0.6) is 0 Å². The first-order valence-electron chi connectivity index (χ1n) is 8.63. The fourth-order valence-corrected chi connectivity index (χ4v) is 4.39. The molecule has 130 valence electrons. The number of fused-ring (bicyclic) bond motifs is 1. The van der Waals surface area contributed by atoms with Crippen molar-refractivity contribution >= 4 is 22.7 Å². The molecule has 0 aliphatic heterocycles. The highest BCUT2D eigenvalue weighted by atomic mass is 16.4. The van der Waals surface area contributed by atoms with Crippen LogP contribution in [-0.2, 0) is 11.8 Å². The highest BCUT2D eigenvalue weighted by Crippen LogP contribution is 2.42. The Kier molecular flexibility index (Phi) is 4.28. The summed E-state index contributed by atoms with van der Waals surface area (Å²) < 4.78 is 6.62. The lowest BCUT2D eigenvalue weighted by Gasteiger charge is -2.38. The predicted molar refractivity (Wildman–Crippen MR) is 95.0 cm³/mol. The molecule has 1 heterocycles. The van der Waals surface area contributed by atoms with E-state index in [1.807, 2.05) is 6.07 Å². The van der Waals surface area contributed by atoms with Gasteiger partial charge in [0, 0.05) is 25.2 Å². The third-order valence-corrected chi connectivity index (χ3v) is 5.03. The Morgan fingerprint density at radius 1 is 1.38 bits per heavy atom. The van der Waals surface area contributed by atoms with Crippen molar-refractivity contribution in [3.05, 3.63) is 28.7 Å². The first-order chi connectivity index (χ1) is 11.2. The largest absolute Gasteiger partial charge is 0.419 e. The van der Waals surface area contributed by atoms with Crippen molar-refractivity contribution in [1.82, 2.24) is 4.57 Å². The van der Waals surface area contributed by atoms with Gasteiger partial charge in [-0.3, -0.25) is 9.36 Å². The van der Waals surface area contributed by atoms with Crippen LogP contribution in [0.2, 0.25) is 0 Å². The molecule has 1 N–H and O–H groups in total. The van der Waals surface area contributed by atoms with E-state index in [9.17, 15) is 9.59 Å². The van der Waals surface area contributed by atoms with Crippen molar-refractivity contribution in [2.24, 2.45) is 24.3 Å². The minimum absolute atomic E-state index is 0.0301. The van der Waals surface area contributed by atoms with Gasteiger partial charge in [0.05, 0.1) is 5.52 Å². The van der Waals surface area contributed by atoms with E-state index in [-0.39, 0.29) is 5.91 Å². The maximum absolute atomic E-state index is 12.4. The average Bonchev–Trinajstić information content (AvgIpc) is 2.71. The van der Waals surface area contributed by atoms with Crippen LogP contribution >= 0.6 is 0 Å². The number of hydrogen-bond acceptors (Lipinski definition) is 3. The molecule has 1 aromatic carbocycles. The maximum Gasteiger partial charge on any atom is 0.419 e. The summed E-state index contributed by atoms with van der Waals surface area (Å²) in [5.41, 5.74) is 2.20. The van der Waals surface area contributed by atoms with Gasteiger partial charge >= 0.3 is 5.76 Å². The second-order valence-corrected chi connectivity index (χ2v) is 8.14. The number of aryl methyl sites for hydroxylation is 1. The first kappa shape index (κ1) is 16.8. The third-order valence-electron chi connectivity index (χ3n) is 5.03. The number of nitrogens with zero attached hydrogens (tertiary/aromatic N) is 1. The molecule has 1 amide bonds. The summed E-state index contributed by atoms with van der Waals surface area (Å²) in [5, 5.41) is 2.94. The van der Waals surface area contributed by atoms with Crippen molar-refractivity contribution in [3.63, 3.8) is 0 Å². The zero-order valence-corrected chi connectivity index (χ0v) is 14.9. The van der Waals surface area contributed by atoms with Gasteiger partial charge in [-0.1, -0.05) is 20.8 Å². The fourth-order valence-electron chi connectivity index (χ4n) is 4.39. The number of amides is 1. The second kappa shape index (κ2) is 6.11. The summed E-state index contributed by atoms with van der Waals surface area (Å²) in [6, 6.07) is 5.31. The third kappa shape index (κ3) is 3.55. The minimum atomic E-state index is -0.396. The van der Waals surface area contributed by atoms with Crippen molar-refractivity contribution in [2.75, 3.05) is 5.32 Å². The molecule has 1 aliphatic rings. The van der Waals surface area contributed by atoms with E-state index in [4.69, 9.17) is 4.42 Å². The minimum Gasteiger partial charge on any atom is -0.408 e. The van der Waals surface area contributed by atoms with E-state index < -0.39 is 5.76 Å². The topological polar surface area (TPSA) is 64.2 Å². The Hall–Kier alpha value is -2.04. The lowest BCUT2D eigenvalue weighted by atomic mass is 9.67. The normalized spacial score (nSPS) is 23.3. The molecule has 0 spiro atoms. The summed E-state index contributed by atoms with van der Waals surface area (Å²) in [7, 11) is 1.67. The van der Waals surface area contributed by atoms with Crippen molar-refractivity contribution in [3.8, 4) is 0 Å². The Balaban J connectivity index is 1.67. The summed E-state index contributed by atoms with van der Waals surface area (Å²) in [6.45, 7) is 6.86. The number of anilines is 1. The molecule has 1 saturated carbocycles. The van der Waals surface area contributed by atoms with Crippen LogP contribution in [0.1, 0.15) is 46.5 Å². The number of carbonyl (C=O) groups is 1. The summed E-state index contributed by atoms with van der Waals surface area (Å²) >= 11 is 0. The smallest absolute Gasteiger partial charge is 0.408 e. The monoisotopic (exact) mass is 330 g/mol. The molecular weight excluding hydrogens is 304 g/mol. The molecular formula is C19H26N2O3. The van der Waals surface area contributed by atoms with E-state index in [0.29, 0.717) is 34.9 Å². The van der Waals surface area contributed by atoms with E-state index in [1.54, 1.807) is 19.2 Å². The highest BCUT2D eigenvalue weighted by Gasteiger charge is 2.32. The molecule has 0 saturated heterocycles. The lowest BCUT2D eigenvalue weighted by Crippen LogP contribution is -2.30. The summed E-state index contributed by atoms with van der Waals surface area (Å²) in [6.07, 6.45) is 3.99. The number of carbonyl (C=O) groups excluding carboxylic acids is 1. The van der Waals surface area contributed by atoms with Crippen molar-refractivity contribution in [2.45, 2.75) is 46.5 Å².